The van der Waals surface area contributed by atoms with E-state index in [-0.39, 0.29) is 17.6 Å². The molecule has 1 saturated carbocycles. The molecule has 1 atom stereocenters. The summed E-state index contributed by atoms with van der Waals surface area (Å²) in [5.41, 5.74) is 5.89. The summed E-state index contributed by atoms with van der Waals surface area (Å²) in [7, 11) is 0. The molecule has 0 bridgehead atoms. The van der Waals surface area contributed by atoms with Crippen LogP contribution in [0.2, 0.25) is 0 Å². The number of carbonyl (C=O) groups is 1. The van der Waals surface area contributed by atoms with Crippen molar-refractivity contribution in [1.82, 2.24) is 5.32 Å². The standard InChI is InChI=1S/C13H24N2O3/c1-12(2)17-9-10(18-12)8-15-11(16)7-13(14)5-3-4-6-13/h10H,3-9,14H2,1-2H3,(H,15,16). The number of carbonyl (C=O) groups excluding carboxylic acids is 1. The van der Waals surface area contributed by atoms with Crippen LogP contribution in [-0.4, -0.2) is 36.5 Å². The van der Waals surface area contributed by atoms with Gasteiger partial charge < -0.3 is 20.5 Å². The molecule has 2 rings (SSSR count). The molecule has 1 heterocycles. The van der Waals surface area contributed by atoms with E-state index in [9.17, 15) is 4.79 Å². The van der Waals surface area contributed by atoms with Crippen LogP contribution in [0, 0.1) is 0 Å². The molecule has 0 aromatic rings. The number of nitrogens with one attached hydrogen (secondary N) is 1. The van der Waals surface area contributed by atoms with Gasteiger partial charge >= 0.3 is 0 Å². The molecule has 5 nitrogen and oxygen atoms in total. The summed E-state index contributed by atoms with van der Waals surface area (Å²) in [6, 6.07) is 0. The van der Waals surface area contributed by atoms with E-state index in [4.69, 9.17) is 15.2 Å². The first-order chi connectivity index (χ1) is 8.39. The molecule has 1 aliphatic carbocycles. The highest BCUT2D eigenvalue weighted by Gasteiger charge is 2.34. The first-order valence-corrected chi connectivity index (χ1v) is 6.76. The van der Waals surface area contributed by atoms with Crippen LogP contribution in [0.3, 0.4) is 0 Å². The van der Waals surface area contributed by atoms with Crippen LogP contribution < -0.4 is 11.1 Å². The number of rotatable bonds is 4. The van der Waals surface area contributed by atoms with Crippen LogP contribution in [0.1, 0.15) is 46.0 Å². The van der Waals surface area contributed by atoms with Crippen molar-refractivity contribution in [3.63, 3.8) is 0 Å². The maximum atomic E-state index is 11.8. The second kappa shape index (κ2) is 5.15. The lowest BCUT2D eigenvalue weighted by Gasteiger charge is -2.23. The molecule has 0 spiro atoms. The molecule has 0 radical (unpaired) electrons. The number of ether oxygens (including phenoxy) is 2. The molecule has 3 N–H and O–H groups in total. The van der Waals surface area contributed by atoms with E-state index in [1.807, 2.05) is 13.8 Å². The Morgan fingerprint density at radius 2 is 2.06 bits per heavy atom. The highest BCUT2D eigenvalue weighted by atomic mass is 16.7. The van der Waals surface area contributed by atoms with Gasteiger partial charge in [-0.25, -0.2) is 0 Å². The Labute approximate surface area is 108 Å². The molecule has 5 heteroatoms. The summed E-state index contributed by atoms with van der Waals surface area (Å²) >= 11 is 0. The van der Waals surface area contributed by atoms with E-state index in [1.165, 1.54) is 0 Å². The Bertz CT molecular complexity index is 311. The Morgan fingerprint density at radius 1 is 1.39 bits per heavy atom. The van der Waals surface area contributed by atoms with Gasteiger partial charge in [0, 0.05) is 18.5 Å². The Balaban J connectivity index is 1.69. The van der Waals surface area contributed by atoms with Crippen molar-refractivity contribution in [2.24, 2.45) is 5.73 Å². The summed E-state index contributed by atoms with van der Waals surface area (Å²) in [5, 5.41) is 2.89. The van der Waals surface area contributed by atoms with E-state index in [2.05, 4.69) is 5.32 Å². The predicted molar refractivity (Wildman–Crippen MR) is 67.9 cm³/mol. The molecule has 2 aliphatic rings. The van der Waals surface area contributed by atoms with Crippen LogP contribution in [0.4, 0.5) is 0 Å². The lowest BCUT2D eigenvalue weighted by atomic mass is 9.94. The minimum absolute atomic E-state index is 0.0210. The average Bonchev–Trinajstić information content (AvgIpc) is 2.82. The quantitative estimate of drug-likeness (QED) is 0.784. The molecule has 2 fully saturated rings. The zero-order valence-electron chi connectivity index (χ0n) is 11.3. The fourth-order valence-electron chi connectivity index (χ4n) is 2.73. The minimum atomic E-state index is -0.532. The van der Waals surface area contributed by atoms with Crippen molar-refractivity contribution in [1.29, 1.82) is 0 Å². The lowest BCUT2D eigenvalue weighted by molar-refractivity contribution is -0.139. The third-order valence-electron chi connectivity index (χ3n) is 3.71. The number of hydrogen-bond acceptors (Lipinski definition) is 4. The largest absolute Gasteiger partial charge is 0.353 e. The summed E-state index contributed by atoms with van der Waals surface area (Å²) < 4.78 is 11.1. The minimum Gasteiger partial charge on any atom is -0.353 e. The SMILES string of the molecule is CC1(C)OCC(CNC(=O)CC2(N)CCCC2)O1. The second-order valence-corrected chi connectivity index (χ2v) is 6.00. The second-order valence-electron chi connectivity index (χ2n) is 6.00. The van der Waals surface area contributed by atoms with Gasteiger partial charge in [-0.1, -0.05) is 12.8 Å². The molecule has 1 aliphatic heterocycles. The van der Waals surface area contributed by atoms with Gasteiger partial charge in [0.05, 0.1) is 6.61 Å². The van der Waals surface area contributed by atoms with Gasteiger partial charge in [0.1, 0.15) is 6.10 Å². The number of hydrogen-bond donors (Lipinski definition) is 2. The fraction of sp³-hybridized carbons (Fsp3) is 0.923. The molecule has 1 amide bonds. The molecule has 18 heavy (non-hydrogen) atoms. The first-order valence-electron chi connectivity index (χ1n) is 6.76. The van der Waals surface area contributed by atoms with Crippen molar-refractivity contribution in [2.45, 2.75) is 63.4 Å². The van der Waals surface area contributed by atoms with Gasteiger partial charge in [-0.15, -0.1) is 0 Å². The molecule has 1 saturated heterocycles. The van der Waals surface area contributed by atoms with Crippen LogP contribution in [0.25, 0.3) is 0 Å². The highest BCUT2D eigenvalue weighted by Crippen LogP contribution is 2.29. The van der Waals surface area contributed by atoms with E-state index in [1.54, 1.807) is 0 Å². The average molecular weight is 256 g/mol. The summed E-state index contributed by atoms with van der Waals surface area (Å²) in [6.07, 6.45) is 4.55. The van der Waals surface area contributed by atoms with Crippen molar-refractivity contribution in [3.8, 4) is 0 Å². The van der Waals surface area contributed by atoms with Gasteiger partial charge in [-0.3, -0.25) is 4.79 Å². The van der Waals surface area contributed by atoms with Crippen molar-refractivity contribution >= 4 is 5.91 Å². The zero-order chi connectivity index (χ0) is 13.2. The summed E-state index contributed by atoms with van der Waals surface area (Å²) in [4.78, 5) is 11.8. The third kappa shape index (κ3) is 3.67. The van der Waals surface area contributed by atoms with Gasteiger partial charge in [-0.05, 0) is 26.7 Å². The Kier molecular flexibility index (Phi) is 3.94. The van der Waals surface area contributed by atoms with Crippen LogP contribution in [-0.2, 0) is 14.3 Å². The molecule has 0 aromatic carbocycles. The van der Waals surface area contributed by atoms with Crippen LogP contribution >= 0.6 is 0 Å². The Morgan fingerprint density at radius 3 is 2.61 bits per heavy atom. The van der Waals surface area contributed by atoms with Gasteiger partial charge in [0.15, 0.2) is 5.79 Å². The van der Waals surface area contributed by atoms with Crippen LogP contribution in [0.5, 0.6) is 0 Å². The van der Waals surface area contributed by atoms with Crippen molar-refractivity contribution in [3.05, 3.63) is 0 Å². The highest BCUT2D eigenvalue weighted by molar-refractivity contribution is 5.77. The predicted octanol–water partition coefficient (Wildman–Crippen LogP) is 0.916. The fourth-order valence-corrected chi connectivity index (χ4v) is 2.73. The number of nitrogens with two attached hydrogens (primary N) is 1. The van der Waals surface area contributed by atoms with Crippen molar-refractivity contribution in [2.75, 3.05) is 13.2 Å². The van der Waals surface area contributed by atoms with Crippen LogP contribution in [0.15, 0.2) is 0 Å². The topological polar surface area (TPSA) is 73.6 Å². The summed E-state index contributed by atoms with van der Waals surface area (Å²) in [6.45, 7) is 4.78. The van der Waals surface area contributed by atoms with E-state index < -0.39 is 5.79 Å². The van der Waals surface area contributed by atoms with Gasteiger partial charge in [0.25, 0.3) is 0 Å². The normalized spacial score (nSPS) is 29.4. The van der Waals surface area contributed by atoms with E-state index in [0.717, 1.165) is 25.7 Å². The van der Waals surface area contributed by atoms with Gasteiger partial charge in [0.2, 0.25) is 5.91 Å². The maximum Gasteiger partial charge on any atom is 0.221 e. The van der Waals surface area contributed by atoms with Crippen molar-refractivity contribution < 1.29 is 14.3 Å². The molecule has 0 aromatic heterocycles. The first kappa shape index (κ1) is 13.8. The van der Waals surface area contributed by atoms with E-state index in [0.29, 0.717) is 19.6 Å². The molecular formula is C13H24N2O3. The lowest BCUT2D eigenvalue weighted by Crippen LogP contribution is -2.43. The smallest absolute Gasteiger partial charge is 0.221 e. The zero-order valence-corrected chi connectivity index (χ0v) is 11.3. The summed E-state index contributed by atoms with van der Waals surface area (Å²) in [5.74, 6) is -0.511. The molecular weight excluding hydrogens is 232 g/mol. The Hall–Kier alpha value is -0.650. The maximum absolute atomic E-state index is 11.8. The number of amides is 1. The third-order valence-corrected chi connectivity index (χ3v) is 3.71. The van der Waals surface area contributed by atoms with Gasteiger partial charge in [-0.2, -0.15) is 0 Å². The monoisotopic (exact) mass is 256 g/mol. The van der Waals surface area contributed by atoms with E-state index >= 15 is 0 Å². The molecule has 104 valence electrons. The molecule has 1 unspecified atom stereocenters.